The molecule has 0 radical (unpaired) electrons. The first-order chi connectivity index (χ1) is 11.8. The molecule has 2 amide bonds. The van der Waals surface area contributed by atoms with E-state index in [2.05, 4.69) is 4.72 Å². The van der Waals surface area contributed by atoms with Crippen molar-refractivity contribution in [1.82, 2.24) is 9.62 Å². The first-order valence-electron chi connectivity index (χ1n) is 8.48. The number of sulfonamides is 1. The maximum absolute atomic E-state index is 12.5. The molecule has 25 heavy (non-hydrogen) atoms. The number of nitrogens with one attached hydrogen (secondary N) is 1. The smallest absolute Gasteiger partial charge is 0.241 e. The van der Waals surface area contributed by atoms with Crippen molar-refractivity contribution in [3.63, 3.8) is 0 Å². The van der Waals surface area contributed by atoms with Gasteiger partial charge in [0.25, 0.3) is 0 Å². The van der Waals surface area contributed by atoms with Crippen LogP contribution in [0.4, 0.5) is 5.69 Å². The predicted octanol–water partition coefficient (Wildman–Crippen LogP) is 1.27. The second-order valence-electron chi connectivity index (χ2n) is 5.99. The molecule has 0 saturated carbocycles. The molecule has 1 aromatic carbocycles. The lowest BCUT2D eigenvalue weighted by molar-refractivity contribution is -0.129. The molecule has 8 heteroatoms. The van der Waals surface area contributed by atoms with Crippen LogP contribution in [-0.4, -0.2) is 51.3 Å². The number of anilines is 1. The number of hydrogen-bond donors (Lipinski definition) is 1. The summed E-state index contributed by atoms with van der Waals surface area (Å²) in [6, 6.07) is 4.82. The van der Waals surface area contributed by atoms with E-state index in [9.17, 15) is 18.0 Å². The van der Waals surface area contributed by atoms with Gasteiger partial charge in [-0.1, -0.05) is 0 Å². The van der Waals surface area contributed by atoms with Gasteiger partial charge in [-0.05, 0) is 51.0 Å². The lowest BCUT2D eigenvalue weighted by Gasteiger charge is -2.20. The normalized spacial score (nSPS) is 14.8. The van der Waals surface area contributed by atoms with Gasteiger partial charge in [-0.2, -0.15) is 0 Å². The quantitative estimate of drug-likeness (QED) is 0.786. The topological polar surface area (TPSA) is 86.8 Å². The molecule has 0 bridgehead atoms. The maximum Gasteiger partial charge on any atom is 0.241 e. The number of amides is 2. The second-order valence-corrected chi connectivity index (χ2v) is 7.72. The Hall–Kier alpha value is -1.93. The first-order valence-corrected chi connectivity index (χ1v) is 9.97. The van der Waals surface area contributed by atoms with Crippen molar-refractivity contribution in [3.8, 4) is 0 Å². The monoisotopic (exact) mass is 367 g/mol. The van der Waals surface area contributed by atoms with E-state index in [0.717, 1.165) is 6.42 Å². The molecule has 0 spiro atoms. The summed E-state index contributed by atoms with van der Waals surface area (Å²) in [4.78, 5) is 27.2. The van der Waals surface area contributed by atoms with E-state index in [4.69, 9.17) is 0 Å². The third-order valence-electron chi connectivity index (χ3n) is 4.36. The third kappa shape index (κ3) is 4.38. The number of rotatable bonds is 7. The van der Waals surface area contributed by atoms with Crippen LogP contribution >= 0.6 is 0 Å². The minimum absolute atomic E-state index is 0.0537. The van der Waals surface area contributed by atoms with E-state index in [1.165, 1.54) is 6.07 Å². The van der Waals surface area contributed by atoms with Crippen molar-refractivity contribution in [2.75, 3.05) is 31.1 Å². The van der Waals surface area contributed by atoms with Gasteiger partial charge in [-0.15, -0.1) is 0 Å². The van der Waals surface area contributed by atoms with Crippen molar-refractivity contribution in [2.24, 2.45) is 0 Å². The van der Waals surface area contributed by atoms with E-state index >= 15 is 0 Å². The number of carbonyl (C=O) groups is 2. The van der Waals surface area contributed by atoms with E-state index in [1.54, 1.807) is 28.9 Å². The lowest BCUT2D eigenvalue weighted by atomic mass is 10.2. The summed E-state index contributed by atoms with van der Waals surface area (Å²) in [5, 5.41) is 0. The summed E-state index contributed by atoms with van der Waals surface area (Å²) in [7, 11) is -3.79. The molecule has 0 aromatic heterocycles. The van der Waals surface area contributed by atoms with Gasteiger partial charge in [0.15, 0.2) is 0 Å². The van der Waals surface area contributed by atoms with Crippen LogP contribution in [0.3, 0.4) is 0 Å². The zero-order valence-corrected chi connectivity index (χ0v) is 15.7. The Kier molecular flexibility index (Phi) is 6.18. The Morgan fingerprint density at radius 2 is 1.96 bits per heavy atom. The zero-order chi connectivity index (χ0) is 18.6. The molecule has 0 aliphatic carbocycles. The Morgan fingerprint density at radius 1 is 1.28 bits per heavy atom. The summed E-state index contributed by atoms with van der Waals surface area (Å²) < 4.78 is 27.3. The molecule has 1 aliphatic rings. The number of likely N-dealkylation sites (N-methyl/N-ethyl adjacent to an activating group) is 1. The van der Waals surface area contributed by atoms with E-state index in [1.807, 2.05) is 13.8 Å². The van der Waals surface area contributed by atoms with Gasteiger partial charge in [-0.3, -0.25) is 9.59 Å². The van der Waals surface area contributed by atoms with Crippen LogP contribution in [0.5, 0.6) is 0 Å². The molecule has 138 valence electrons. The Bertz CT molecular complexity index is 757. The van der Waals surface area contributed by atoms with Crippen LogP contribution in [-0.2, 0) is 19.6 Å². The highest BCUT2D eigenvalue weighted by molar-refractivity contribution is 7.89. The van der Waals surface area contributed by atoms with E-state index < -0.39 is 10.0 Å². The number of aryl methyl sites for hydroxylation is 1. The van der Waals surface area contributed by atoms with Gasteiger partial charge in [0, 0.05) is 31.7 Å². The van der Waals surface area contributed by atoms with Crippen LogP contribution in [0.2, 0.25) is 0 Å². The van der Waals surface area contributed by atoms with Gasteiger partial charge in [0.05, 0.1) is 11.4 Å². The van der Waals surface area contributed by atoms with Crippen molar-refractivity contribution >= 4 is 27.5 Å². The average molecular weight is 367 g/mol. The Balaban J connectivity index is 2.14. The highest BCUT2D eigenvalue weighted by Gasteiger charge is 2.24. The van der Waals surface area contributed by atoms with Crippen LogP contribution in [0.15, 0.2) is 23.1 Å². The molecule has 1 saturated heterocycles. The maximum atomic E-state index is 12.5. The van der Waals surface area contributed by atoms with Gasteiger partial charge >= 0.3 is 0 Å². The first kappa shape index (κ1) is 19.4. The highest BCUT2D eigenvalue weighted by atomic mass is 32.2. The summed E-state index contributed by atoms with van der Waals surface area (Å²) in [5.41, 5.74) is 1.25. The molecular weight excluding hydrogens is 342 g/mol. The SMILES string of the molecule is CCN(CC)C(=O)CNS(=O)(=O)c1ccc(N2CCCC2=O)cc1C. The second kappa shape index (κ2) is 7.97. The fourth-order valence-corrected chi connectivity index (χ4v) is 4.15. The number of carbonyl (C=O) groups excluding carboxylic acids is 2. The summed E-state index contributed by atoms with van der Waals surface area (Å²) in [6.07, 6.45) is 1.33. The van der Waals surface area contributed by atoms with E-state index in [0.29, 0.717) is 37.3 Å². The van der Waals surface area contributed by atoms with Gasteiger partial charge in [-0.25, -0.2) is 13.1 Å². The van der Waals surface area contributed by atoms with E-state index in [-0.39, 0.29) is 23.3 Å². The van der Waals surface area contributed by atoms with Crippen molar-refractivity contribution in [3.05, 3.63) is 23.8 Å². The predicted molar refractivity (Wildman–Crippen MR) is 95.9 cm³/mol. The number of benzene rings is 1. The van der Waals surface area contributed by atoms with Crippen LogP contribution in [0.1, 0.15) is 32.3 Å². The third-order valence-corrected chi connectivity index (χ3v) is 5.92. The van der Waals surface area contributed by atoms with Crippen LogP contribution in [0, 0.1) is 6.92 Å². The minimum atomic E-state index is -3.79. The number of nitrogens with zero attached hydrogens (tertiary/aromatic N) is 2. The molecule has 1 heterocycles. The Morgan fingerprint density at radius 3 is 2.48 bits per heavy atom. The van der Waals surface area contributed by atoms with Crippen molar-refractivity contribution in [1.29, 1.82) is 0 Å². The van der Waals surface area contributed by atoms with Gasteiger partial charge in [0.1, 0.15) is 0 Å². The summed E-state index contributed by atoms with van der Waals surface area (Å²) >= 11 is 0. The molecule has 1 aromatic rings. The molecule has 2 rings (SSSR count). The highest BCUT2D eigenvalue weighted by Crippen LogP contribution is 2.25. The van der Waals surface area contributed by atoms with Gasteiger partial charge in [0.2, 0.25) is 21.8 Å². The van der Waals surface area contributed by atoms with Crippen LogP contribution in [0.25, 0.3) is 0 Å². The number of hydrogen-bond acceptors (Lipinski definition) is 4. The molecule has 1 fully saturated rings. The molecule has 1 aliphatic heterocycles. The summed E-state index contributed by atoms with van der Waals surface area (Å²) in [5.74, 6) is -0.205. The lowest BCUT2D eigenvalue weighted by Crippen LogP contribution is -2.40. The molecular formula is C17H25N3O4S. The average Bonchev–Trinajstić information content (AvgIpc) is 3.00. The summed E-state index contributed by atoms with van der Waals surface area (Å²) in [6.45, 7) is 6.84. The van der Waals surface area contributed by atoms with Crippen molar-refractivity contribution in [2.45, 2.75) is 38.5 Å². The molecule has 7 nitrogen and oxygen atoms in total. The zero-order valence-electron chi connectivity index (χ0n) is 14.9. The molecule has 0 atom stereocenters. The molecule has 1 N–H and O–H groups in total. The molecule has 0 unspecified atom stereocenters. The standard InChI is InChI=1S/C17H25N3O4S/c1-4-19(5-2)17(22)12-18-25(23,24)15-9-8-14(11-13(15)3)20-10-6-7-16(20)21/h8-9,11,18H,4-7,10,12H2,1-3H3. The van der Waals surface area contributed by atoms with Gasteiger partial charge < -0.3 is 9.80 Å². The largest absolute Gasteiger partial charge is 0.342 e. The Labute approximate surface area is 149 Å². The fourth-order valence-electron chi connectivity index (χ4n) is 2.95. The fraction of sp³-hybridized carbons (Fsp3) is 0.529. The van der Waals surface area contributed by atoms with Crippen LogP contribution < -0.4 is 9.62 Å². The minimum Gasteiger partial charge on any atom is -0.342 e. The van der Waals surface area contributed by atoms with Crippen molar-refractivity contribution < 1.29 is 18.0 Å².